The third-order valence-electron chi connectivity index (χ3n) is 4.27. The van der Waals surface area contributed by atoms with Crippen molar-refractivity contribution in [2.75, 3.05) is 13.1 Å². The van der Waals surface area contributed by atoms with E-state index in [2.05, 4.69) is 20.2 Å². The number of rotatable bonds is 4. The average Bonchev–Trinajstić information content (AvgIpc) is 3.07. The van der Waals surface area contributed by atoms with Crippen molar-refractivity contribution in [2.24, 2.45) is 0 Å². The zero-order valence-corrected chi connectivity index (χ0v) is 14.0. The molecule has 1 aromatic heterocycles. The molecule has 2 heterocycles. The molecule has 0 spiro atoms. The van der Waals surface area contributed by atoms with Crippen molar-refractivity contribution >= 4 is 17.4 Å². The average molecular weight is 352 g/mol. The molecule has 2 aromatic rings. The number of aryl methyl sites for hydroxylation is 1. The van der Waals surface area contributed by atoms with E-state index in [1.807, 2.05) is 6.92 Å². The van der Waals surface area contributed by atoms with Gasteiger partial charge in [0.15, 0.2) is 11.6 Å². The van der Waals surface area contributed by atoms with Crippen LogP contribution in [0.5, 0.6) is 0 Å². The van der Waals surface area contributed by atoms with E-state index in [0.717, 1.165) is 30.6 Å². The number of halogens is 2. The SMILES string of the molecule is CCc1nnsc1C(=O)NC1CNCCC1c1ccc(F)c(F)c1. The summed E-state index contributed by atoms with van der Waals surface area (Å²) in [5.41, 5.74) is 1.37. The molecule has 2 atom stereocenters. The Hall–Kier alpha value is -1.93. The molecule has 2 unspecified atom stereocenters. The number of nitrogens with one attached hydrogen (secondary N) is 2. The summed E-state index contributed by atoms with van der Waals surface area (Å²) in [4.78, 5) is 13.0. The number of carbonyl (C=O) groups is 1. The number of nitrogens with zero attached hydrogens (tertiary/aromatic N) is 2. The van der Waals surface area contributed by atoms with Crippen molar-refractivity contribution in [2.45, 2.75) is 31.7 Å². The molecule has 1 amide bonds. The number of piperidine rings is 1. The fourth-order valence-corrected chi connectivity index (χ4v) is 3.65. The Labute approximate surface area is 142 Å². The van der Waals surface area contributed by atoms with Crippen LogP contribution in [-0.2, 0) is 6.42 Å². The van der Waals surface area contributed by atoms with Gasteiger partial charge in [0.05, 0.1) is 5.69 Å². The molecule has 5 nitrogen and oxygen atoms in total. The lowest BCUT2D eigenvalue weighted by molar-refractivity contribution is 0.0927. The lowest BCUT2D eigenvalue weighted by Gasteiger charge is -2.33. The molecular formula is C16H18F2N4OS. The Morgan fingerprint density at radius 2 is 2.25 bits per heavy atom. The molecule has 3 rings (SSSR count). The van der Waals surface area contributed by atoms with Gasteiger partial charge in [0, 0.05) is 18.5 Å². The number of amides is 1. The van der Waals surface area contributed by atoms with Crippen molar-refractivity contribution in [3.8, 4) is 0 Å². The second-order valence-electron chi connectivity index (χ2n) is 5.76. The summed E-state index contributed by atoms with van der Waals surface area (Å²) >= 11 is 1.07. The van der Waals surface area contributed by atoms with Crippen LogP contribution in [0.4, 0.5) is 8.78 Å². The maximum absolute atomic E-state index is 13.6. The minimum absolute atomic E-state index is 0.0729. The topological polar surface area (TPSA) is 66.9 Å². The fraction of sp³-hybridized carbons (Fsp3) is 0.438. The van der Waals surface area contributed by atoms with Gasteiger partial charge >= 0.3 is 0 Å². The van der Waals surface area contributed by atoms with Crippen LogP contribution in [0.25, 0.3) is 0 Å². The van der Waals surface area contributed by atoms with E-state index in [1.54, 1.807) is 6.07 Å². The first-order valence-electron chi connectivity index (χ1n) is 7.88. The van der Waals surface area contributed by atoms with Gasteiger partial charge in [-0.2, -0.15) is 0 Å². The first kappa shape index (κ1) is 16.9. The highest BCUT2D eigenvalue weighted by molar-refractivity contribution is 7.08. The third-order valence-corrected chi connectivity index (χ3v) is 5.03. The summed E-state index contributed by atoms with van der Waals surface area (Å²) in [6.07, 6.45) is 1.37. The fourth-order valence-electron chi connectivity index (χ4n) is 3.00. The third kappa shape index (κ3) is 3.44. The van der Waals surface area contributed by atoms with E-state index in [-0.39, 0.29) is 17.9 Å². The van der Waals surface area contributed by atoms with Crippen LogP contribution in [0.15, 0.2) is 18.2 Å². The zero-order chi connectivity index (χ0) is 17.1. The summed E-state index contributed by atoms with van der Waals surface area (Å²) in [7, 11) is 0. The molecule has 128 valence electrons. The van der Waals surface area contributed by atoms with Crippen LogP contribution in [0.1, 0.15) is 40.2 Å². The second kappa shape index (κ2) is 7.31. The molecule has 1 fully saturated rings. The normalized spacial score (nSPS) is 20.8. The molecule has 1 aromatic carbocycles. The quantitative estimate of drug-likeness (QED) is 0.886. The Kier molecular flexibility index (Phi) is 5.15. The van der Waals surface area contributed by atoms with Gasteiger partial charge < -0.3 is 10.6 Å². The van der Waals surface area contributed by atoms with E-state index < -0.39 is 11.6 Å². The maximum atomic E-state index is 13.6. The van der Waals surface area contributed by atoms with E-state index >= 15 is 0 Å². The highest BCUT2D eigenvalue weighted by Crippen LogP contribution is 2.27. The maximum Gasteiger partial charge on any atom is 0.265 e. The van der Waals surface area contributed by atoms with Crippen LogP contribution in [0.3, 0.4) is 0 Å². The molecule has 0 saturated carbocycles. The monoisotopic (exact) mass is 352 g/mol. The second-order valence-corrected chi connectivity index (χ2v) is 6.51. The molecule has 0 radical (unpaired) electrons. The standard InChI is InChI=1S/C16H18F2N4OS/c1-2-13-15(24-22-21-13)16(23)20-14-8-19-6-5-10(14)9-3-4-11(17)12(18)7-9/h3-4,7,10,14,19H,2,5-6,8H2,1H3,(H,20,23). The summed E-state index contributed by atoms with van der Waals surface area (Å²) in [5, 5.41) is 10.2. The molecule has 1 aliphatic heterocycles. The van der Waals surface area contributed by atoms with Crippen LogP contribution >= 0.6 is 11.5 Å². The van der Waals surface area contributed by atoms with Crippen LogP contribution in [0.2, 0.25) is 0 Å². The first-order chi connectivity index (χ1) is 11.6. The van der Waals surface area contributed by atoms with Crippen molar-refractivity contribution in [1.29, 1.82) is 0 Å². The Balaban J connectivity index is 1.79. The molecule has 1 saturated heterocycles. The number of aromatic nitrogens is 2. The van der Waals surface area contributed by atoms with Gasteiger partial charge in [-0.15, -0.1) is 5.10 Å². The van der Waals surface area contributed by atoms with Crippen LogP contribution < -0.4 is 10.6 Å². The lowest BCUT2D eigenvalue weighted by atomic mass is 9.86. The summed E-state index contributed by atoms with van der Waals surface area (Å²) in [6, 6.07) is 3.73. The van der Waals surface area contributed by atoms with E-state index in [0.29, 0.717) is 29.1 Å². The Morgan fingerprint density at radius 3 is 3.00 bits per heavy atom. The van der Waals surface area contributed by atoms with Crippen molar-refractivity contribution in [3.05, 3.63) is 46.0 Å². The number of benzene rings is 1. The minimum atomic E-state index is -0.865. The summed E-state index contributed by atoms with van der Waals surface area (Å²) in [6.45, 7) is 3.25. The number of carbonyl (C=O) groups excluding carboxylic acids is 1. The molecule has 0 bridgehead atoms. The predicted octanol–water partition coefficient (Wildman–Crippen LogP) is 2.25. The zero-order valence-electron chi connectivity index (χ0n) is 13.2. The van der Waals surface area contributed by atoms with Gasteiger partial charge in [-0.25, -0.2) is 8.78 Å². The molecule has 24 heavy (non-hydrogen) atoms. The predicted molar refractivity (Wildman–Crippen MR) is 87.1 cm³/mol. The summed E-state index contributed by atoms with van der Waals surface area (Å²) < 4.78 is 30.6. The van der Waals surface area contributed by atoms with E-state index in [9.17, 15) is 13.6 Å². The highest BCUT2D eigenvalue weighted by Gasteiger charge is 2.29. The highest BCUT2D eigenvalue weighted by atomic mass is 32.1. The molecule has 0 aliphatic carbocycles. The minimum Gasteiger partial charge on any atom is -0.347 e. The van der Waals surface area contributed by atoms with Gasteiger partial charge in [0.25, 0.3) is 5.91 Å². The Morgan fingerprint density at radius 1 is 1.42 bits per heavy atom. The molecule has 1 aliphatic rings. The van der Waals surface area contributed by atoms with Gasteiger partial charge in [-0.05, 0) is 48.6 Å². The Bertz CT molecular complexity index is 737. The van der Waals surface area contributed by atoms with Gasteiger partial charge in [0.2, 0.25) is 0 Å². The van der Waals surface area contributed by atoms with Crippen LogP contribution in [0, 0.1) is 11.6 Å². The van der Waals surface area contributed by atoms with Crippen molar-refractivity contribution in [3.63, 3.8) is 0 Å². The van der Waals surface area contributed by atoms with E-state index in [1.165, 1.54) is 6.07 Å². The molecule has 8 heteroatoms. The van der Waals surface area contributed by atoms with Crippen molar-refractivity contribution in [1.82, 2.24) is 20.2 Å². The van der Waals surface area contributed by atoms with Gasteiger partial charge in [-0.3, -0.25) is 4.79 Å². The summed E-state index contributed by atoms with van der Waals surface area (Å²) in [5.74, 6) is -2.02. The van der Waals surface area contributed by atoms with Gasteiger partial charge in [0.1, 0.15) is 4.88 Å². The lowest BCUT2D eigenvalue weighted by Crippen LogP contribution is -2.50. The van der Waals surface area contributed by atoms with Crippen molar-refractivity contribution < 1.29 is 13.6 Å². The van der Waals surface area contributed by atoms with E-state index in [4.69, 9.17) is 0 Å². The number of hydrogen-bond donors (Lipinski definition) is 2. The first-order valence-corrected chi connectivity index (χ1v) is 8.65. The molecule has 2 N–H and O–H groups in total. The van der Waals surface area contributed by atoms with Gasteiger partial charge in [-0.1, -0.05) is 17.5 Å². The number of hydrogen-bond acceptors (Lipinski definition) is 5. The van der Waals surface area contributed by atoms with Crippen LogP contribution in [-0.4, -0.2) is 34.6 Å². The smallest absolute Gasteiger partial charge is 0.265 e. The largest absolute Gasteiger partial charge is 0.347 e. The molecular weight excluding hydrogens is 334 g/mol.